The Labute approximate surface area is 134 Å². The van der Waals surface area contributed by atoms with Crippen LogP contribution in [0.3, 0.4) is 0 Å². The fourth-order valence-electron chi connectivity index (χ4n) is 4.64. The molecule has 1 aliphatic heterocycles. The Morgan fingerprint density at radius 1 is 1.05 bits per heavy atom. The number of hydrogen-bond acceptors (Lipinski definition) is 4. The van der Waals surface area contributed by atoms with E-state index in [4.69, 9.17) is 0 Å². The zero-order valence-electron chi connectivity index (χ0n) is 13.8. The van der Waals surface area contributed by atoms with Gasteiger partial charge >= 0.3 is 0 Å². The van der Waals surface area contributed by atoms with Crippen molar-refractivity contribution in [1.82, 2.24) is 15.1 Å². The van der Waals surface area contributed by atoms with Crippen LogP contribution in [0.25, 0.3) is 0 Å². The van der Waals surface area contributed by atoms with E-state index in [1.807, 2.05) is 7.05 Å². The highest BCUT2D eigenvalue weighted by Crippen LogP contribution is 2.27. The summed E-state index contributed by atoms with van der Waals surface area (Å²) in [6.45, 7) is 2.26. The van der Waals surface area contributed by atoms with Crippen molar-refractivity contribution in [3.63, 3.8) is 0 Å². The van der Waals surface area contributed by atoms with Crippen molar-refractivity contribution in [3.8, 4) is 0 Å². The SMILES string of the molecule is CN[C@@H]1CCC[C@@H](N2CCN(C3CCCCC3)C(=O)C2)[C@@H]1O. The molecule has 1 amide bonds. The predicted octanol–water partition coefficient (Wildman–Crippen LogP) is 0.965. The molecule has 0 aromatic heterocycles. The van der Waals surface area contributed by atoms with Gasteiger partial charge < -0.3 is 15.3 Å². The van der Waals surface area contributed by atoms with Gasteiger partial charge in [-0.15, -0.1) is 0 Å². The molecule has 3 aliphatic rings. The van der Waals surface area contributed by atoms with Crippen molar-refractivity contribution in [2.75, 3.05) is 26.7 Å². The van der Waals surface area contributed by atoms with Gasteiger partial charge in [-0.2, -0.15) is 0 Å². The monoisotopic (exact) mass is 309 g/mol. The Hall–Kier alpha value is -0.650. The molecule has 22 heavy (non-hydrogen) atoms. The minimum Gasteiger partial charge on any atom is -0.390 e. The lowest BCUT2D eigenvalue weighted by Gasteiger charge is -2.46. The van der Waals surface area contributed by atoms with Crippen molar-refractivity contribution in [3.05, 3.63) is 0 Å². The van der Waals surface area contributed by atoms with Crippen molar-refractivity contribution < 1.29 is 9.90 Å². The van der Waals surface area contributed by atoms with Gasteiger partial charge in [0.05, 0.1) is 12.6 Å². The third-order valence-electron chi connectivity index (χ3n) is 5.96. The molecule has 0 bridgehead atoms. The summed E-state index contributed by atoms with van der Waals surface area (Å²) in [5.41, 5.74) is 0. The Kier molecular flexibility index (Phi) is 5.37. The quantitative estimate of drug-likeness (QED) is 0.815. The van der Waals surface area contributed by atoms with Crippen LogP contribution in [0.1, 0.15) is 51.4 Å². The largest absolute Gasteiger partial charge is 0.390 e. The van der Waals surface area contributed by atoms with Crippen LogP contribution in [0, 0.1) is 0 Å². The van der Waals surface area contributed by atoms with Crippen LogP contribution in [-0.2, 0) is 4.79 Å². The van der Waals surface area contributed by atoms with E-state index in [9.17, 15) is 9.90 Å². The molecule has 126 valence electrons. The van der Waals surface area contributed by atoms with Crippen LogP contribution in [0.15, 0.2) is 0 Å². The van der Waals surface area contributed by atoms with Gasteiger partial charge in [-0.3, -0.25) is 9.69 Å². The van der Waals surface area contributed by atoms with Crippen molar-refractivity contribution in [2.45, 2.75) is 75.6 Å². The molecule has 3 atom stereocenters. The van der Waals surface area contributed by atoms with Crippen LogP contribution in [0.4, 0.5) is 0 Å². The molecular formula is C17H31N3O2. The summed E-state index contributed by atoms with van der Waals surface area (Å²) >= 11 is 0. The van der Waals surface area contributed by atoms with E-state index in [1.165, 1.54) is 32.1 Å². The topological polar surface area (TPSA) is 55.8 Å². The number of aliphatic hydroxyl groups is 1. The van der Waals surface area contributed by atoms with Gasteiger partial charge in [0.1, 0.15) is 0 Å². The predicted molar refractivity (Wildman–Crippen MR) is 86.7 cm³/mol. The van der Waals surface area contributed by atoms with Crippen LogP contribution in [0.5, 0.6) is 0 Å². The minimum absolute atomic E-state index is 0.142. The van der Waals surface area contributed by atoms with E-state index >= 15 is 0 Å². The second-order valence-corrected chi connectivity index (χ2v) is 7.23. The molecule has 0 unspecified atom stereocenters. The van der Waals surface area contributed by atoms with Gasteiger partial charge in [0.2, 0.25) is 5.91 Å². The molecule has 0 spiro atoms. The number of carbonyl (C=O) groups is 1. The normalized spacial score (nSPS) is 35.8. The maximum atomic E-state index is 12.6. The first kappa shape index (κ1) is 16.2. The standard InChI is InChI=1S/C17H31N3O2/c1-18-14-8-5-9-15(17(14)22)19-10-11-20(16(21)12-19)13-6-3-2-4-7-13/h13-15,17-18,22H,2-12H2,1H3/t14-,15-,17-/m1/s1. The van der Waals surface area contributed by atoms with Crippen molar-refractivity contribution in [2.24, 2.45) is 0 Å². The lowest BCUT2D eigenvalue weighted by Crippen LogP contribution is -2.61. The number of nitrogens with one attached hydrogen (secondary N) is 1. The number of hydrogen-bond donors (Lipinski definition) is 2. The maximum Gasteiger partial charge on any atom is 0.237 e. The molecular weight excluding hydrogens is 278 g/mol. The van der Waals surface area contributed by atoms with Crippen LogP contribution in [0.2, 0.25) is 0 Å². The molecule has 1 heterocycles. The maximum absolute atomic E-state index is 12.6. The van der Waals surface area contributed by atoms with Gasteiger partial charge in [0.15, 0.2) is 0 Å². The van der Waals surface area contributed by atoms with Crippen molar-refractivity contribution >= 4 is 5.91 Å². The zero-order valence-corrected chi connectivity index (χ0v) is 13.8. The van der Waals surface area contributed by atoms with Gasteiger partial charge in [-0.1, -0.05) is 25.7 Å². The minimum atomic E-state index is -0.354. The van der Waals surface area contributed by atoms with Gasteiger partial charge in [-0.05, 0) is 32.7 Å². The third kappa shape index (κ3) is 3.31. The van der Waals surface area contributed by atoms with E-state index in [0.717, 1.165) is 32.4 Å². The number of aliphatic hydroxyl groups excluding tert-OH is 1. The third-order valence-corrected chi connectivity index (χ3v) is 5.96. The smallest absolute Gasteiger partial charge is 0.237 e. The lowest BCUT2D eigenvalue weighted by molar-refractivity contribution is -0.142. The van der Waals surface area contributed by atoms with E-state index in [0.29, 0.717) is 12.6 Å². The number of rotatable bonds is 3. The summed E-state index contributed by atoms with van der Waals surface area (Å²) in [7, 11) is 1.92. The fourth-order valence-corrected chi connectivity index (χ4v) is 4.64. The number of likely N-dealkylation sites (N-methyl/N-ethyl adjacent to an activating group) is 1. The number of nitrogens with zero attached hydrogens (tertiary/aromatic N) is 2. The van der Waals surface area contributed by atoms with Gasteiger partial charge in [0.25, 0.3) is 0 Å². The molecule has 3 rings (SSSR count). The molecule has 3 fully saturated rings. The average Bonchev–Trinajstić information content (AvgIpc) is 2.56. The second kappa shape index (κ2) is 7.28. The van der Waals surface area contributed by atoms with E-state index in [2.05, 4.69) is 15.1 Å². The van der Waals surface area contributed by atoms with Crippen molar-refractivity contribution in [1.29, 1.82) is 0 Å². The number of carbonyl (C=O) groups excluding carboxylic acids is 1. The molecule has 0 aromatic carbocycles. The molecule has 0 radical (unpaired) electrons. The highest BCUT2D eigenvalue weighted by Gasteiger charge is 2.39. The Bertz CT molecular complexity index is 384. The van der Waals surface area contributed by atoms with E-state index in [1.54, 1.807) is 0 Å². The van der Waals surface area contributed by atoms with E-state index in [-0.39, 0.29) is 24.1 Å². The van der Waals surface area contributed by atoms with Crippen LogP contribution < -0.4 is 5.32 Å². The molecule has 1 saturated heterocycles. The highest BCUT2D eigenvalue weighted by atomic mass is 16.3. The zero-order chi connectivity index (χ0) is 15.5. The molecule has 2 N–H and O–H groups in total. The Morgan fingerprint density at radius 2 is 1.82 bits per heavy atom. The van der Waals surface area contributed by atoms with Gasteiger partial charge in [0, 0.05) is 31.2 Å². The first-order chi connectivity index (χ1) is 10.7. The number of amides is 1. The molecule has 5 nitrogen and oxygen atoms in total. The summed E-state index contributed by atoms with van der Waals surface area (Å²) in [5, 5.41) is 13.8. The summed E-state index contributed by atoms with van der Waals surface area (Å²) < 4.78 is 0. The van der Waals surface area contributed by atoms with Gasteiger partial charge in [-0.25, -0.2) is 0 Å². The Balaban J connectivity index is 1.58. The molecule has 0 aromatic rings. The first-order valence-electron chi connectivity index (χ1n) is 9.09. The highest BCUT2D eigenvalue weighted by molar-refractivity contribution is 5.79. The second-order valence-electron chi connectivity index (χ2n) is 7.23. The fraction of sp³-hybridized carbons (Fsp3) is 0.941. The Morgan fingerprint density at radius 3 is 2.50 bits per heavy atom. The molecule has 2 aliphatic carbocycles. The summed E-state index contributed by atoms with van der Waals surface area (Å²) in [4.78, 5) is 16.9. The summed E-state index contributed by atoms with van der Waals surface area (Å²) in [6, 6.07) is 0.790. The van der Waals surface area contributed by atoms with Crippen LogP contribution >= 0.6 is 0 Å². The average molecular weight is 309 g/mol. The summed E-state index contributed by atoms with van der Waals surface area (Å²) in [6.07, 6.45) is 9.04. The van der Waals surface area contributed by atoms with Crippen LogP contribution in [-0.4, -0.2) is 71.7 Å². The van der Waals surface area contributed by atoms with E-state index < -0.39 is 0 Å². The first-order valence-corrected chi connectivity index (χ1v) is 9.09. The molecule has 2 saturated carbocycles. The molecule has 5 heteroatoms. The summed E-state index contributed by atoms with van der Waals surface area (Å²) in [5.74, 6) is 0.275. The lowest BCUT2D eigenvalue weighted by atomic mass is 9.86. The number of piperazine rings is 1.